The summed E-state index contributed by atoms with van der Waals surface area (Å²) in [4.78, 5) is 39.5. The van der Waals surface area contributed by atoms with Crippen molar-refractivity contribution in [2.24, 2.45) is 5.92 Å². The number of aryl methyl sites for hydroxylation is 1. The minimum Gasteiger partial charge on any atom is -0.493 e. The number of esters is 1. The van der Waals surface area contributed by atoms with Crippen molar-refractivity contribution in [1.82, 2.24) is 0 Å². The van der Waals surface area contributed by atoms with Crippen LogP contribution in [0.2, 0.25) is 0 Å². The largest absolute Gasteiger partial charge is 0.493 e. The van der Waals surface area contributed by atoms with Gasteiger partial charge >= 0.3 is 16.1 Å². The molecule has 0 unspecified atom stereocenters. The summed E-state index contributed by atoms with van der Waals surface area (Å²) in [6.07, 6.45) is -0.0476. The van der Waals surface area contributed by atoms with Crippen LogP contribution in [0.15, 0.2) is 102 Å². The third-order valence-electron chi connectivity index (χ3n) is 6.94. The first-order valence-corrected chi connectivity index (χ1v) is 15.1. The molecule has 0 aromatic heterocycles. The summed E-state index contributed by atoms with van der Waals surface area (Å²) in [5, 5.41) is 0. The average Bonchev–Trinajstić information content (AvgIpc) is 3.42. The standard InChI is InChI=1S/C33H29NO9S/c1-22-7-17-28(18-8-22)44(38,39)43-27-13-9-23(10-14-27)29(35)21-41-33(37)24-19-32(36)34(20-24)25-11-15-26(16-12-25)42-31-6-4-3-5-30(31)40-2/h3-18,24H,19-21H2,1-2H3/t24-/m0/s1. The lowest BCUT2D eigenvalue weighted by Crippen LogP contribution is -2.27. The van der Waals surface area contributed by atoms with E-state index in [2.05, 4.69) is 0 Å². The number of para-hydroxylation sites is 2. The maximum absolute atomic E-state index is 12.7. The van der Waals surface area contributed by atoms with Crippen LogP contribution in [0.5, 0.6) is 23.0 Å². The van der Waals surface area contributed by atoms with Gasteiger partial charge in [-0.15, -0.1) is 0 Å². The van der Waals surface area contributed by atoms with Gasteiger partial charge in [-0.2, -0.15) is 8.42 Å². The number of carbonyl (C=O) groups excluding carboxylic acids is 3. The molecule has 44 heavy (non-hydrogen) atoms. The van der Waals surface area contributed by atoms with Crippen molar-refractivity contribution >= 4 is 33.5 Å². The van der Waals surface area contributed by atoms with Crippen LogP contribution >= 0.6 is 0 Å². The average molecular weight is 616 g/mol. The summed E-state index contributed by atoms with van der Waals surface area (Å²) in [6, 6.07) is 25.8. The number of carbonyl (C=O) groups is 3. The number of rotatable bonds is 11. The molecule has 5 rings (SSSR count). The van der Waals surface area contributed by atoms with Gasteiger partial charge in [0.05, 0.1) is 13.0 Å². The Bertz CT molecular complexity index is 1770. The molecular formula is C33H29NO9S. The van der Waals surface area contributed by atoms with E-state index in [1.54, 1.807) is 55.6 Å². The number of anilines is 1. The van der Waals surface area contributed by atoms with E-state index in [9.17, 15) is 22.8 Å². The van der Waals surface area contributed by atoms with Crippen LogP contribution in [0.1, 0.15) is 22.3 Å². The van der Waals surface area contributed by atoms with Crippen LogP contribution in [-0.2, 0) is 24.4 Å². The Morgan fingerprint density at radius 2 is 1.48 bits per heavy atom. The number of benzene rings is 4. The molecule has 11 heteroatoms. The second kappa shape index (κ2) is 13.0. The van der Waals surface area contributed by atoms with Crippen molar-refractivity contribution < 1.29 is 41.2 Å². The van der Waals surface area contributed by atoms with Gasteiger partial charge in [-0.05, 0) is 79.7 Å². The number of amides is 1. The van der Waals surface area contributed by atoms with Crippen molar-refractivity contribution in [3.63, 3.8) is 0 Å². The van der Waals surface area contributed by atoms with Crippen LogP contribution in [0, 0.1) is 12.8 Å². The normalized spacial score (nSPS) is 14.6. The number of hydrogen-bond acceptors (Lipinski definition) is 9. The van der Waals surface area contributed by atoms with Crippen molar-refractivity contribution in [1.29, 1.82) is 0 Å². The third kappa shape index (κ3) is 7.07. The zero-order valence-electron chi connectivity index (χ0n) is 24.0. The number of Topliss-reactive ketones (excluding diaryl/α,β-unsaturated/α-hetero) is 1. The predicted octanol–water partition coefficient (Wildman–Crippen LogP) is 5.34. The van der Waals surface area contributed by atoms with Gasteiger partial charge in [0.15, 0.2) is 23.9 Å². The van der Waals surface area contributed by atoms with Gasteiger partial charge in [0.1, 0.15) is 16.4 Å². The van der Waals surface area contributed by atoms with E-state index >= 15 is 0 Å². The first-order chi connectivity index (χ1) is 21.1. The zero-order valence-corrected chi connectivity index (χ0v) is 24.8. The topological polar surface area (TPSA) is 126 Å². The number of hydrogen-bond donors (Lipinski definition) is 0. The molecule has 0 spiro atoms. The Morgan fingerprint density at radius 1 is 0.841 bits per heavy atom. The Hall–Kier alpha value is -5.16. The van der Waals surface area contributed by atoms with Crippen LogP contribution < -0.4 is 18.6 Å². The van der Waals surface area contributed by atoms with Gasteiger partial charge in [0.2, 0.25) is 5.91 Å². The monoisotopic (exact) mass is 615 g/mol. The smallest absolute Gasteiger partial charge is 0.339 e. The molecule has 4 aromatic carbocycles. The van der Waals surface area contributed by atoms with Crippen LogP contribution in [-0.4, -0.2) is 46.3 Å². The Morgan fingerprint density at radius 3 is 2.14 bits per heavy atom. The van der Waals surface area contributed by atoms with Crippen molar-refractivity contribution in [2.75, 3.05) is 25.2 Å². The van der Waals surface area contributed by atoms with E-state index in [0.717, 1.165) is 5.56 Å². The summed E-state index contributed by atoms with van der Waals surface area (Å²) in [5.41, 5.74) is 1.71. The minimum absolute atomic E-state index is 0.00857. The highest BCUT2D eigenvalue weighted by Gasteiger charge is 2.36. The number of ether oxygens (including phenoxy) is 3. The molecule has 0 radical (unpaired) electrons. The van der Waals surface area contributed by atoms with Crippen molar-refractivity contribution in [3.05, 3.63) is 108 Å². The van der Waals surface area contributed by atoms with Crippen molar-refractivity contribution in [3.8, 4) is 23.0 Å². The lowest BCUT2D eigenvalue weighted by Gasteiger charge is -2.17. The summed E-state index contributed by atoms with van der Waals surface area (Å²) < 4.78 is 46.5. The number of nitrogens with zero attached hydrogens (tertiary/aromatic N) is 1. The number of methoxy groups -OCH3 is 1. The molecule has 1 heterocycles. The fraction of sp³-hybridized carbons (Fsp3) is 0.182. The molecule has 0 saturated carbocycles. The molecule has 1 fully saturated rings. The van der Waals surface area contributed by atoms with E-state index in [4.69, 9.17) is 18.4 Å². The third-order valence-corrected chi connectivity index (χ3v) is 8.20. The molecule has 0 aliphatic carbocycles. The quantitative estimate of drug-likeness (QED) is 0.125. The maximum Gasteiger partial charge on any atom is 0.339 e. The summed E-state index contributed by atoms with van der Waals surface area (Å²) >= 11 is 0. The fourth-order valence-corrected chi connectivity index (χ4v) is 5.48. The second-order valence-electron chi connectivity index (χ2n) is 10.1. The van der Waals surface area contributed by atoms with E-state index in [1.165, 1.54) is 41.3 Å². The summed E-state index contributed by atoms with van der Waals surface area (Å²) in [6.45, 7) is 1.42. The molecule has 4 aromatic rings. The highest BCUT2D eigenvalue weighted by Crippen LogP contribution is 2.33. The minimum atomic E-state index is -4.04. The summed E-state index contributed by atoms with van der Waals surface area (Å²) in [5.74, 6) is -0.410. The van der Waals surface area contributed by atoms with Gasteiger partial charge in [-0.3, -0.25) is 14.4 Å². The SMILES string of the molecule is COc1ccccc1Oc1ccc(N2C[C@@H](C(=O)OCC(=O)c3ccc(OS(=O)(=O)c4ccc(C)cc4)cc3)CC2=O)cc1. The fourth-order valence-electron chi connectivity index (χ4n) is 4.55. The summed E-state index contributed by atoms with van der Waals surface area (Å²) in [7, 11) is -2.48. The van der Waals surface area contributed by atoms with Gasteiger partial charge in [-0.25, -0.2) is 0 Å². The molecule has 1 aliphatic rings. The van der Waals surface area contributed by atoms with E-state index in [1.807, 2.05) is 19.1 Å². The maximum atomic E-state index is 12.7. The lowest BCUT2D eigenvalue weighted by atomic mass is 10.1. The molecule has 1 saturated heterocycles. The highest BCUT2D eigenvalue weighted by atomic mass is 32.2. The molecule has 0 N–H and O–H groups in total. The first kappa shape index (κ1) is 30.3. The van der Waals surface area contributed by atoms with E-state index in [-0.39, 0.29) is 35.1 Å². The molecular weight excluding hydrogens is 586 g/mol. The molecule has 1 aliphatic heterocycles. The molecule has 0 bridgehead atoms. The predicted molar refractivity (Wildman–Crippen MR) is 161 cm³/mol. The number of ketones is 1. The molecule has 1 amide bonds. The second-order valence-corrected chi connectivity index (χ2v) is 11.6. The van der Waals surface area contributed by atoms with Gasteiger partial charge in [0.25, 0.3) is 0 Å². The Labute approximate surface area is 254 Å². The zero-order chi connectivity index (χ0) is 31.3. The van der Waals surface area contributed by atoms with Crippen LogP contribution in [0.25, 0.3) is 0 Å². The van der Waals surface area contributed by atoms with Crippen LogP contribution in [0.3, 0.4) is 0 Å². The van der Waals surface area contributed by atoms with Crippen LogP contribution in [0.4, 0.5) is 5.69 Å². The highest BCUT2D eigenvalue weighted by molar-refractivity contribution is 7.87. The van der Waals surface area contributed by atoms with Gasteiger partial charge < -0.3 is 23.3 Å². The molecule has 1 atom stereocenters. The van der Waals surface area contributed by atoms with Gasteiger partial charge in [-0.1, -0.05) is 29.8 Å². The van der Waals surface area contributed by atoms with E-state index in [0.29, 0.717) is 22.9 Å². The Balaban J connectivity index is 1.13. The van der Waals surface area contributed by atoms with E-state index < -0.39 is 34.4 Å². The first-order valence-electron chi connectivity index (χ1n) is 13.7. The van der Waals surface area contributed by atoms with Crippen molar-refractivity contribution in [2.45, 2.75) is 18.2 Å². The van der Waals surface area contributed by atoms with Gasteiger partial charge in [0, 0.05) is 24.2 Å². The molecule has 10 nitrogen and oxygen atoms in total. The Kier molecular flexibility index (Phi) is 8.96. The lowest BCUT2D eigenvalue weighted by molar-refractivity contribution is -0.147. The molecule has 226 valence electrons.